The maximum absolute atomic E-state index is 5.66. The fourth-order valence-electron chi connectivity index (χ4n) is 1.66. The zero-order valence-corrected chi connectivity index (χ0v) is 8.13. The Balaban J connectivity index is 2.67. The molecule has 2 aromatic rings. The second-order valence-electron chi connectivity index (χ2n) is 3.25. The normalized spacial score (nSPS) is 10.9. The van der Waals surface area contributed by atoms with Crippen LogP contribution in [0, 0.1) is 0 Å². The standard InChI is InChI=1S/C12H14O/c1-3-9-6-5-7-12-11(9)8-10(4-2)13-12/h5-8H,3-4H2,1-2H3. The van der Waals surface area contributed by atoms with E-state index in [0.717, 1.165) is 24.2 Å². The SMILES string of the molecule is CCc1cc2c(CC)cccc2o1. The summed E-state index contributed by atoms with van der Waals surface area (Å²) in [6.07, 6.45) is 2.04. The zero-order chi connectivity index (χ0) is 9.26. The molecule has 0 aliphatic carbocycles. The van der Waals surface area contributed by atoms with Crippen LogP contribution in [0.25, 0.3) is 11.0 Å². The second kappa shape index (κ2) is 3.25. The van der Waals surface area contributed by atoms with Gasteiger partial charge in [0, 0.05) is 11.8 Å². The molecule has 68 valence electrons. The van der Waals surface area contributed by atoms with Gasteiger partial charge in [-0.15, -0.1) is 0 Å². The molecule has 2 rings (SSSR count). The van der Waals surface area contributed by atoms with E-state index in [0.29, 0.717) is 0 Å². The topological polar surface area (TPSA) is 13.1 Å². The van der Waals surface area contributed by atoms with E-state index in [-0.39, 0.29) is 0 Å². The van der Waals surface area contributed by atoms with Crippen molar-refractivity contribution in [3.8, 4) is 0 Å². The van der Waals surface area contributed by atoms with Gasteiger partial charge < -0.3 is 4.42 Å². The zero-order valence-electron chi connectivity index (χ0n) is 8.13. The highest BCUT2D eigenvalue weighted by molar-refractivity contribution is 5.81. The molecule has 0 aliphatic rings. The summed E-state index contributed by atoms with van der Waals surface area (Å²) in [6.45, 7) is 4.29. The smallest absolute Gasteiger partial charge is 0.134 e. The first-order valence-electron chi connectivity index (χ1n) is 4.85. The van der Waals surface area contributed by atoms with Crippen molar-refractivity contribution in [3.05, 3.63) is 35.6 Å². The van der Waals surface area contributed by atoms with E-state index in [1.165, 1.54) is 10.9 Å². The number of hydrogen-bond donors (Lipinski definition) is 0. The van der Waals surface area contributed by atoms with Crippen LogP contribution in [0.2, 0.25) is 0 Å². The Hall–Kier alpha value is -1.24. The van der Waals surface area contributed by atoms with Crippen LogP contribution < -0.4 is 0 Å². The summed E-state index contributed by atoms with van der Waals surface area (Å²) >= 11 is 0. The molecule has 0 saturated heterocycles. The molecule has 1 aromatic heterocycles. The van der Waals surface area contributed by atoms with Crippen LogP contribution in [0.4, 0.5) is 0 Å². The largest absolute Gasteiger partial charge is 0.461 e. The minimum absolute atomic E-state index is 0.970. The van der Waals surface area contributed by atoms with E-state index in [4.69, 9.17) is 4.42 Å². The highest BCUT2D eigenvalue weighted by Crippen LogP contribution is 2.23. The fourth-order valence-corrected chi connectivity index (χ4v) is 1.66. The van der Waals surface area contributed by atoms with Crippen molar-refractivity contribution >= 4 is 11.0 Å². The molecule has 1 heteroatoms. The number of aryl methyl sites for hydroxylation is 2. The van der Waals surface area contributed by atoms with Gasteiger partial charge in [0.15, 0.2) is 0 Å². The third-order valence-electron chi connectivity index (χ3n) is 2.43. The van der Waals surface area contributed by atoms with Crippen molar-refractivity contribution in [3.63, 3.8) is 0 Å². The molecule has 0 bridgehead atoms. The minimum Gasteiger partial charge on any atom is -0.461 e. The first-order chi connectivity index (χ1) is 6.35. The van der Waals surface area contributed by atoms with Gasteiger partial charge in [-0.2, -0.15) is 0 Å². The summed E-state index contributed by atoms with van der Waals surface area (Å²) < 4.78 is 5.66. The third-order valence-corrected chi connectivity index (χ3v) is 2.43. The maximum Gasteiger partial charge on any atom is 0.134 e. The summed E-state index contributed by atoms with van der Waals surface area (Å²) in [7, 11) is 0. The molecular weight excluding hydrogens is 160 g/mol. The van der Waals surface area contributed by atoms with E-state index in [2.05, 4.69) is 32.0 Å². The Bertz CT molecular complexity index is 412. The number of fused-ring (bicyclic) bond motifs is 1. The van der Waals surface area contributed by atoms with Gasteiger partial charge in [0.1, 0.15) is 11.3 Å². The third kappa shape index (κ3) is 1.35. The predicted molar refractivity (Wildman–Crippen MR) is 55.0 cm³/mol. The van der Waals surface area contributed by atoms with Gasteiger partial charge in [0.2, 0.25) is 0 Å². The molecule has 0 amide bonds. The quantitative estimate of drug-likeness (QED) is 0.678. The fraction of sp³-hybridized carbons (Fsp3) is 0.333. The average Bonchev–Trinajstić information content (AvgIpc) is 2.59. The number of rotatable bonds is 2. The lowest BCUT2D eigenvalue weighted by Crippen LogP contribution is -1.78. The highest BCUT2D eigenvalue weighted by Gasteiger charge is 2.04. The molecule has 1 nitrogen and oxygen atoms in total. The lowest BCUT2D eigenvalue weighted by molar-refractivity contribution is 0.557. The van der Waals surface area contributed by atoms with Crippen molar-refractivity contribution in [2.45, 2.75) is 26.7 Å². The van der Waals surface area contributed by atoms with Crippen LogP contribution in [0.3, 0.4) is 0 Å². The van der Waals surface area contributed by atoms with E-state index >= 15 is 0 Å². The van der Waals surface area contributed by atoms with Crippen molar-refractivity contribution in [1.82, 2.24) is 0 Å². The van der Waals surface area contributed by atoms with Gasteiger partial charge in [0.05, 0.1) is 0 Å². The molecular formula is C12H14O. The summed E-state index contributed by atoms with van der Waals surface area (Å²) in [4.78, 5) is 0. The van der Waals surface area contributed by atoms with Crippen LogP contribution in [0.5, 0.6) is 0 Å². The van der Waals surface area contributed by atoms with Crippen molar-refractivity contribution < 1.29 is 4.42 Å². The summed E-state index contributed by atoms with van der Waals surface area (Å²) in [5.74, 6) is 1.08. The minimum atomic E-state index is 0.970. The van der Waals surface area contributed by atoms with Gasteiger partial charge in [-0.1, -0.05) is 26.0 Å². The van der Waals surface area contributed by atoms with Gasteiger partial charge >= 0.3 is 0 Å². The number of furan rings is 1. The molecule has 0 saturated carbocycles. The van der Waals surface area contributed by atoms with Crippen LogP contribution in [-0.2, 0) is 12.8 Å². The summed E-state index contributed by atoms with van der Waals surface area (Å²) in [6, 6.07) is 8.42. The molecule has 13 heavy (non-hydrogen) atoms. The highest BCUT2D eigenvalue weighted by atomic mass is 16.3. The molecule has 1 heterocycles. The van der Waals surface area contributed by atoms with Crippen LogP contribution >= 0.6 is 0 Å². The summed E-state index contributed by atoms with van der Waals surface area (Å²) in [5, 5.41) is 1.28. The first kappa shape index (κ1) is 8.36. The Morgan fingerprint density at radius 1 is 1.15 bits per heavy atom. The van der Waals surface area contributed by atoms with E-state index in [1.54, 1.807) is 0 Å². The van der Waals surface area contributed by atoms with E-state index < -0.39 is 0 Å². The molecule has 0 atom stereocenters. The number of hydrogen-bond acceptors (Lipinski definition) is 1. The van der Waals surface area contributed by atoms with Gasteiger partial charge in [-0.25, -0.2) is 0 Å². The number of benzene rings is 1. The molecule has 0 aliphatic heterocycles. The molecule has 0 N–H and O–H groups in total. The molecule has 0 radical (unpaired) electrons. The monoisotopic (exact) mass is 174 g/mol. The van der Waals surface area contributed by atoms with Crippen molar-refractivity contribution in [1.29, 1.82) is 0 Å². The van der Waals surface area contributed by atoms with Crippen LogP contribution in [0.15, 0.2) is 28.7 Å². The van der Waals surface area contributed by atoms with Crippen LogP contribution in [-0.4, -0.2) is 0 Å². The van der Waals surface area contributed by atoms with E-state index in [9.17, 15) is 0 Å². The van der Waals surface area contributed by atoms with E-state index in [1.807, 2.05) is 6.07 Å². The van der Waals surface area contributed by atoms with Gasteiger partial charge in [-0.3, -0.25) is 0 Å². The first-order valence-corrected chi connectivity index (χ1v) is 4.85. The lowest BCUT2D eigenvalue weighted by atomic mass is 10.1. The van der Waals surface area contributed by atoms with Gasteiger partial charge in [0.25, 0.3) is 0 Å². The lowest BCUT2D eigenvalue weighted by Gasteiger charge is -1.95. The Kier molecular flexibility index (Phi) is 2.09. The maximum atomic E-state index is 5.66. The molecule has 0 fully saturated rings. The molecule has 0 unspecified atom stereocenters. The molecule has 1 aromatic carbocycles. The Morgan fingerprint density at radius 2 is 2.00 bits per heavy atom. The van der Waals surface area contributed by atoms with Crippen LogP contribution in [0.1, 0.15) is 25.2 Å². The van der Waals surface area contributed by atoms with Crippen molar-refractivity contribution in [2.24, 2.45) is 0 Å². The van der Waals surface area contributed by atoms with Crippen molar-refractivity contribution in [2.75, 3.05) is 0 Å². The van der Waals surface area contributed by atoms with Gasteiger partial charge in [-0.05, 0) is 24.1 Å². The second-order valence-corrected chi connectivity index (χ2v) is 3.25. The molecule has 0 spiro atoms. The Morgan fingerprint density at radius 3 is 2.69 bits per heavy atom. The summed E-state index contributed by atoms with van der Waals surface area (Å²) in [5.41, 5.74) is 2.40. The Labute approximate surface area is 78.4 Å². The average molecular weight is 174 g/mol. The predicted octanol–water partition coefficient (Wildman–Crippen LogP) is 3.56.